The Morgan fingerprint density at radius 2 is 1.56 bits per heavy atom. The minimum absolute atomic E-state index is 0.159. The maximum absolute atomic E-state index is 11.2. The Balaban J connectivity index is 4.06. The number of carbonyl (C=O) groups excluding carboxylic acids is 1. The molecule has 0 aliphatic carbocycles. The standard InChI is InChI=1S/C8H16O/c1-6(2)7(9)8(3,4)5/h6H,1-5H3. The summed E-state index contributed by atoms with van der Waals surface area (Å²) in [6.45, 7) is 9.74. The van der Waals surface area contributed by atoms with Crippen LogP contribution in [-0.2, 0) is 4.79 Å². The molecule has 0 rings (SSSR count). The minimum Gasteiger partial charge on any atom is -0.299 e. The van der Waals surface area contributed by atoms with Gasteiger partial charge in [-0.05, 0) is 0 Å². The van der Waals surface area contributed by atoms with Gasteiger partial charge in [0, 0.05) is 11.3 Å². The van der Waals surface area contributed by atoms with Gasteiger partial charge in [-0.15, -0.1) is 0 Å². The number of ketones is 1. The van der Waals surface area contributed by atoms with Crippen LogP contribution in [0.5, 0.6) is 0 Å². The van der Waals surface area contributed by atoms with E-state index < -0.39 is 0 Å². The molecule has 0 aromatic rings. The molecule has 0 unspecified atom stereocenters. The van der Waals surface area contributed by atoms with Gasteiger partial charge in [0.05, 0.1) is 0 Å². The van der Waals surface area contributed by atoms with Crippen LogP contribution in [0.25, 0.3) is 0 Å². The maximum atomic E-state index is 11.2. The summed E-state index contributed by atoms with van der Waals surface area (Å²) in [6, 6.07) is 0. The first-order valence-electron chi connectivity index (χ1n) is 3.40. The molecule has 1 heteroatoms. The first kappa shape index (κ1) is 8.67. The van der Waals surface area contributed by atoms with Crippen molar-refractivity contribution in [2.24, 2.45) is 11.3 Å². The van der Waals surface area contributed by atoms with Crippen LogP contribution < -0.4 is 0 Å². The number of rotatable bonds is 1. The van der Waals surface area contributed by atoms with Crippen molar-refractivity contribution in [1.82, 2.24) is 0 Å². The molecule has 0 aromatic heterocycles. The minimum atomic E-state index is -0.159. The van der Waals surface area contributed by atoms with Crippen LogP contribution in [-0.4, -0.2) is 5.78 Å². The van der Waals surface area contributed by atoms with Crippen molar-refractivity contribution in [3.8, 4) is 0 Å². The van der Waals surface area contributed by atoms with Crippen LogP contribution >= 0.6 is 0 Å². The predicted octanol–water partition coefficient (Wildman–Crippen LogP) is 2.26. The maximum Gasteiger partial charge on any atom is 0.140 e. The van der Waals surface area contributed by atoms with E-state index in [1.54, 1.807) is 0 Å². The average Bonchev–Trinajstić information content (AvgIpc) is 1.62. The third-order valence-corrected chi connectivity index (χ3v) is 1.26. The van der Waals surface area contributed by atoms with Crippen LogP contribution in [0.1, 0.15) is 34.6 Å². The van der Waals surface area contributed by atoms with Crippen molar-refractivity contribution in [3.05, 3.63) is 0 Å². The van der Waals surface area contributed by atoms with E-state index >= 15 is 0 Å². The van der Waals surface area contributed by atoms with Crippen LogP contribution in [0, 0.1) is 11.3 Å². The number of hydrogen-bond acceptors (Lipinski definition) is 1. The molecular weight excluding hydrogens is 112 g/mol. The molecular formula is C8H16O. The Bertz CT molecular complexity index is 106. The van der Waals surface area contributed by atoms with Crippen LogP contribution in [0.15, 0.2) is 0 Å². The highest BCUT2D eigenvalue weighted by Gasteiger charge is 2.23. The molecule has 0 heterocycles. The molecule has 0 N–H and O–H groups in total. The van der Waals surface area contributed by atoms with Crippen LogP contribution in [0.3, 0.4) is 0 Å². The van der Waals surface area contributed by atoms with Gasteiger partial charge in [-0.25, -0.2) is 0 Å². The van der Waals surface area contributed by atoms with Gasteiger partial charge in [-0.3, -0.25) is 4.79 Å². The van der Waals surface area contributed by atoms with E-state index in [4.69, 9.17) is 0 Å². The molecule has 0 aromatic carbocycles. The molecule has 0 aliphatic rings. The van der Waals surface area contributed by atoms with E-state index in [1.807, 2.05) is 34.6 Å². The lowest BCUT2D eigenvalue weighted by Gasteiger charge is -2.18. The normalized spacial score (nSPS) is 12.2. The quantitative estimate of drug-likeness (QED) is 0.529. The SMILES string of the molecule is CC(C)C(=O)C(C)(C)C. The van der Waals surface area contributed by atoms with Crippen molar-refractivity contribution < 1.29 is 4.79 Å². The Kier molecular flexibility index (Phi) is 2.41. The van der Waals surface area contributed by atoms with Gasteiger partial charge >= 0.3 is 0 Å². The van der Waals surface area contributed by atoms with Gasteiger partial charge in [0.25, 0.3) is 0 Å². The van der Waals surface area contributed by atoms with Crippen molar-refractivity contribution in [2.45, 2.75) is 34.6 Å². The predicted molar refractivity (Wildman–Crippen MR) is 39.3 cm³/mol. The monoisotopic (exact) mass is 128 g/mol. The fraction of sp³-hybridized carbons (Fsp3) is 0.875. The van der Waals surface area contributed by atoms with Crippen molar-refractivity contribution in [2.75, 3.05) is 0 Å². The van der Waals surface area contributed by atoms with E-state index in [-0.39, 0.29) is 11.3 Å². The molecule has 9 heavy (non-hydrogen) atoms. The second kappa shape index (κ2) is 2.51. The van der Waals surface area contributed by atoms with Gasteiger partial charge in [-0.1, -0.05) is 34.6 Å². The fourth-order valence-electron chi connectivity index (χ4n) is 0.866. The molecule has 0 saturated heterocycles. The summed E-state index contributed by atoms with van der Waals surface area (Å²) in [7, 11) is 0. The van der Waals surface area contributed by atoms with Gasteiger partial charge in [0.1, 0.15) is 5.78 Å². The van der Waals surface area contributed by atoms with E-state index in [1.165, 1.54) is 0 Å². The largest absolute Gasteiger partial charge is 0.299 e. The molecule has 0 amide bonds. The number of carbonyl (C=O) groups is 1. The number of Topliss-reactive ketones (excluding diaryl/α,β-unsaturated/α-hetero) is 1. The number of hydrogen-bond donors (Lipinski definition) is 0. The molecule has 0 bridgehead atoms. The molecule has 0 spiro atoms. The summed E-state index contributed by atoms with van der Waals surface area (Å²) in [5, 5.41) is 0. The zero-order valence-electron chi connectivity index (χ0n) is 6.99. The lowest BCUT2D eigenvalue weighted by Crippen LogP contribution is -2.24. The van der Waals surface area contributed by atoms with Gasteiger partial charge in [-0.2, -0.15) is 0 Å². The Hall–Kier alpha value is -0.330. The van der Waals surface area contributed by atoms with Crippen LogP contribution in [0.2, 0.25) is 0 Å². The zero-order chi connectivity index (χ0) is 7.65. The molecule has 0 atom stereocenters. The molecule has 0 saturated carbocycles. The third kappa shape index (κ3) is 2.64. The first-order chi connectivity index (χ1) is 3.85. The first-order valence-corrected chi connectivity index (χ1v) is 3.40. The smallest absolute Gasteiger partial charge is 0.140 e. The molecule has 0 aliphatic heterocycles. The van der Waals surface area contributed by atoms with E-state index in [0.29, 0.717) is 5.78 Å². The Labute approximate surface area is 57.5 Å². The molecule has 0 radical (unpaired) electrons. The van der Waals surface area contributed by atoms with E-state index in [0.717, 1.165) is 0 Å². The lowest BCUT2D eigenvalue weighted by molar-refractivity contribution is -0.129. The summed E-state index contributed by atoms with van der Waals surface area (Å²) in [5.41, 5.74) is -0.159. The van der Waals surface area contributed by atoms with Gasteiger partial charge < -0.3 is 0 Å². The molecule has 54 valence electrons. The topological polar surface area (TPSA) is 17.1 Å². The third-order valence-electron chi connectivity index (χ3n) is 1.26. The van der Waals surface area contributed by atoms with Crippen molar-refractivity contribution in [3.63, 3.8) is 0 Å². The summed E-state index contributed by atoms with van der Waals surface area (Å²) >= 11 is 0. The van der Waals surface area contributed by atoms with Crippen molar-refractivity contribution >= 4 is 5.78 Å². The van der Waals surface area contributed by atoms with Crippen molar-refractivity contribution in [1.29, 1.82) is 0 Å². The van der Waals surface area contributed by atoms with E-state index in [9.17, 15) is 4.79 Å². The van der Waals surface area contributed by atoms with E-state index in [2.05, 4.69) is 0 Å². The van der Waals surface area contributed by atoms with Gasteiger partial charge in [0.15, 0.2) is 0 Å². The second-order valence-electron chi connectivity index (χ2n) is 3.77. The highest BCUT2D eigenvalue weighted by atomic mass is 16.1. The highest BCUT2D eigenvalue weighted by molar-refractivity contribution is 5.85. The zero-order valence-corrected chi connectivity index (χ0v) is 6.99. The second-order valence-corrected chi connectivity index (χ2v) is 3.77. The molecule has 0 fully saturated rings. The highest BCUT2D eigenvalue weighted by Crippen LogP contribution is 2.19. The van der Waals surface area contributed by atoms with Gasteiger partial charge in [0.2, 0.25) is 0 Å². The molecule has 1 nitrogen and oxygen atoms in total. The van der Waals surface area contributed by atoms with Crippen LogP contribution in [0.4, 0.5) is 0 Å². The summed E-state index contributed by atoms with van der Waals surface area (Å²) in [4.78, 5) is 11.2. The summed E-state index contributed by atoms with van der Waals surface area (Å²) < 4.78 is 0. The fourth-order valence-corrected chi connectivity index (χ4v) is 0.866. The summed E-state index contributed by atoms with van der Waals surface area (Å²) in [6.07, 6.45) is 0. The summed E-state index contributed by atoms with van der Waals surface area (Å²) in [5.74, 6) is 0.507. The Morgan fingerprint density at radius 1 is 1.22 bits per heavy atom. The Morgan fingerprint density at radius 3 is 1.56 bits per heavy atom. The lowest BCUT2D eigenvalue weighted by atomic mass is 9.85. The average molecular weight is 128 g/mol.